The lowest BCUT2D eigenvalue weighted by molar-refractivity contribution is 0.863. The number of benzene rings is 2. The minimum atomic E-state index is 0.597. The molecule has 0 N–H and O–H groups in total. The highest BCUT2D eigenvalue weighted by Gasteiger charge is 2.06. The topological polar surface area (TPSA) is 0 Å². The van der Waals surface area contributed by atoms with Crippen molar-refractivity contribution in [2.24, 2.45) is 0 Å². The van der Waals surface area contributed by atoms with E-state index < -0.39 is 0 Å². The van der Waals surface area contributed by atoms with Gasteiger partial charge in [0.15, 0.2) is 0 Å². The molecule has 2 aromatic carbocycles. The van der Waals surface area contributed by atoms with E-state index in [0.29, 0.717) is 5.92 Å². The summed E-state index contributed by atoms with van der Waals surface area (Å²) in [6.45, 7) is 11.1. The molecule has 0 aromatic heterocycles. The molecule has 0 unspecified atom stereocenters. The van der Waals surface area contributed by atoms with Gasteiger partial charge in [0, 0.05) is 0 Å². The van der Waals surface area contributed by atoms with E-state index in [1.807, 2.05) is 0 Å². The largest absolute Gasteiger partial charge is 0.0617 e. The quantitative estimate of drug-likeness (QED) is 0.693. The lowest BCUT2D eigenvalue weighted by Crippen LogP contribution is -1.98. The molecule has 0 heteroatoms. The predicted octanol–water partition coefficient (Wildman–Crippen LogP) is 5.33. The highest BCUT2D eigenvalue weighted by molar-refractivity contribution is 5.41. The van der Waals surface area contributed by atoms with Gasteiger partial charge < -0.3 is 0 Å². The number of hydrogen-bond acceptors (Lipinski definition) is 0. The number of aryl methyl sites for hydroxylation is 3. The van der Waals surface area contributed by atoms with Crippen molar-refractivity contribution < 1.29 is 0 Å². The van der Waals surface area contributed by atoms with Crippen LogP contribution < -0.4 is 0 Å². The van der Waals surface area contributed by atoms with E-state index in [-0.39, 0.29) is 0 Å². The first-order valence-electron chi connectivity index (χ1n) is 7.13. The second-order valence-electron chi connectivity index (χ2n) is 5.95. The van der Waals surface area contributed by atoms with Crippen molar-refractivity contribution in [2.75, 3.05) is 0 Å². The minimum absolute atomic E-state index is 0.597. The Morgan fingerprint density at radius 1 is 0.895 bits per heavy atom. The average molecular weight is 252 g/mol. The van der Waals surface area contributed by atoms with Crippen LogP contribution in [-0.4, -0.2) is 0 Å². The fourth-order valence-corrected chi connectivity index (χ4v) is 2.76. The van der Waals surface area contributed by atoms with Crippen LogP contribution in [0.3, 0.4) is 0 Å². The Morgan fingerprint density at radius 3 is 2.11 bits per heavy atom. The highest BCUT2D eigenvalue weighted by Crippen LogP contribution is 2.22. The summed E-state index contributed by atoms with van der Waals surface area (Å²) in [5, 5.41) is 0. The SMILES string of the molecule is Cc1cc(C)c(Cc2cccc(C(C)C)c2)c(C)c1. The zero-order valence-corrected chi connectivity index (χ0v) is 12.7. The van der Waals surface area contributed by atoms with Gasteiger partial charge in [0.1, 0.15) is 0 Å². The Hall–Kier alpha value is -1.56. The summed E-state index contributed by atoms with van der Waals surface area (Å²) in [6.07, 6.45) is 1.04. The summed E-state index contributed by atoms with van der Waals surface area (Å²) in [5.41, 5.74) is 8.50. The van der Waals surface area contributed by atoms with Gasteiger partial charge in [-0.05, 0) is 60.9 Å². The molecule has 0 saturated carbocycles. The fourth-order valence-electron chi connectivity index (χ4n) is 2.76. The van der Waals surface area contributed by atoms with Crippen molar-refractivity contribution in [3.63, 3.8) is 0 Å². The Morgan fingerprint density at radius 2 is 1.53 bits per heavy atom. The van der Waals surface area contributed by atoms with Gasteiger partial charge in [-0.1, -0.05) is 55.8 Å². The van der Waals surface area contributed by atoms with E-state index in [1.165, 1.54) is 33.4 Å². The van der Waals surface area contributed by atoms with E-state index in [1.54, 1.807) is 0 Å². The zero-order valence-electron chi connectivity index (χ0n) is 12.7. The fraction of sp³-hybridized carbons (Fsp3) is 0.368. The van der Waals surface area contributed by atoms with Crippen LogP contribution in [0.4, 0.5) is 0 Å². The first kappa shape index (κ1) is 13.9. The maximum absolute atomic E-state index is 2.35. The molecule has 0 atom stereocenters. The molecule has 0 nitrogen and oxygen atoms in total. The first-order valence-corrected chi connectivity index (χ1v) is 7.13. The van der Waals surface area contributed by atoms with Gasteiger partial charge >= 0.3 is 0 Å². The molecule has 0 aliphatic carbocycles. The van der Waals surface area contributed by atoms with Crippen LogP contribution in [-0.2, 0) is 6.42 Å². The van der Waals surface area contributed by atoms with Crippen LogP contribution in [0.25, 0.3) is 0 Å². The van der Waals surface area contributed by atoms with Crippen LogP contribution in [0.2, 0.25) is 0 Å². The van der Waals surface area contributed by atoms with Crippen molar-refractivity contribution >= 4 is 0 Å². The minimum Gasteiger partial charge on any atom is -0.0617 e. The summed E-state index contributed by atoms with van der Waals surface area (Å²) in [5.74, 6) is 0.597. The molecular weight excluding hydrogens is 228 g/mol. The Bertz CT molecular complexity index is 553. The summed E-state index contributed by atoms with van der Waals surface area (Å²) in [7, 11) is 0. The highest BCUT2D eigenvalue weighted by atomic mass is 14.1. The summed E-state index contributed by atoms with van der Waals surface area (Å²) < 4.78 is 0. The van der Waals surface area contributed by atoms with E-state index >= 15 is 0 Å². The summed E-state index contributed by atoms with van der Waals surface area (Å²) in [4.78, 5) is 0. The van der Waals surface area contributed by atoms with E-state index in [2.05, 4.69) is 71.0 Å². The third-order valence-electron chi connectivity index (χ3n) is 3.84. The number of hydrogen-bond donors (Lipinski definition) is 0. The standard InChI is InChI=1S/C19H24/c1-13(2)18-8-6-7-17(11-18)12-19-15(4)9-14(3)10-16(19)5/h6-11,13H,12H2,1-5H3. The van der Waals surface area contributed by atoms with Crippen LogP contribution in [0.15, 0.2) is 36.4 Å². The van der Waals surface area contributed by atoms with E-state index in [9.17, 15) is 0 Å². The van der Waals surface area contributed by atoms with Crippen LogP contribution >= 0.6 is 0 Å². The Balaban J connectivity index is 2.34. The van der Waals surface area contributed by atoms with Crippen molar-refractivity contribution in [1.29, 1.82) is 0 Å². The third kappa shape index (κ3) is 3.26. The van der Waals surface area contributed by atoms with Crippen LogP contribution in [0, 0.1) is 20.8 Å². The van der Waals surface area contributed by atoms with Gasteiger partial charge in [-0.25, -0.2) is 0 Å². The van der Waals surface area contributed by atoms with Crippen molar-refractivity contribution in [3.8, 4) is 0 Å². The average Bonchev–Trinajstić information content (AvgIpc) is 2.34. The molecule has 2 rings (SSSR count). The molecule has 0 saturated heterocycles. The van der Waals surface area contributed by atoms with Gasteiger partial charge in [-0.3, -0.25) is 0 Å². The molecule has 0 amide bonds. The molecule has 2 aromatic rings. The van der Waals surface area contributed by atoms with Crippen LogP contribution in [0.1, 0.15) is 53.1 Å². The molecule has 0 spiro atoms. The van der Waals surface area contributed by atoms with E-state index in [0.717, 1.165) is 6.42 Å². The normalized spacial score (nSPS) is 11.1. The van der Waals surface area contributed by atoms with Gasteiger partial charge in [-0.15, -0.1) is 0 Å². The van der Waals surface area contributed by atoms with Gasteiger partial charge in [0.2, 0.25) is 0 Å². The zero-order chi connectivity index (χ0) is 14.0. The predicted molar refractivity (Wildman–Crippen MR) is 84.0 cm³/mol. The maximum Gasteiger partial charge on any atom is -0.00204 e. The maximum atomic E-state index is 2.35. The third-order valence-corrected chi connectivity index (χ3v) is 3.84. The van der Waals surface area contributed by atoms with Gasteiger partial charge in [0.05, 0.1) is 0 Å². The first-order chi connectivity index (χ1) is 8.97. The van der Waals surface area contributed by atoms with Crippen molar-refractivity contribution in [1.82, 2.24) is 0 Å². The monoisotopic (exact) mass is 252 g/mol. The molecule has 0 fully saturated rings. The second-order valence-corrected chi connectivity index (χ2v) is 5.95. The van der Waals surface area contributed by atoms with Gasteiger partial charge in [-0.2, -0.15) is 0 Å². The van der Waals surface area contributed by atoms with Crippen LogP contribution in [0.5, 0.6) is 0 Å². The smallest absolute Gasteiger partial charge is 0.00204 e. The number of rotatable bonds is 3. The molecule has 0 bridgehead atoms. The molecule has 0 radical (unpaired) electrons. The lowest BCUT2D eigenvalue weighted by atomic mass is 9.92. The Labute approximate surface area is 117 Å². The molecule has 19 heavy (non-hydrogen) atoms. The Kier molecular flexibility index (Phi) is 4.09. The lowest BCUT2D eigenvalue weighted by Gasteiger charge is -2.13. The van der Waals surface area contributed by atoms with Crippen molar-refractivity contribution in [3.05, 3.63) is 69.8 Å². The van der Waals surface area contributed by atoms with Crippen molar-refractivity contribution in [2.45, 2.75) is 47.0 Å². The molecule has 0 aliphatic heterocycles. The van der Waals surface area contributed by atoms with E-state index in [4.69, 9.17) is 0 Å². The molecule has 0 heterocycles. The second kappa shape index (κ2) is 5.61. The molecule has 0 aliphatic rings. The summed E-state index contributed by atoms with van der Waals surface area (Å²) in [6, 6.07) is 13.6. The molecular formula is C19H24. The van der Waals surface area contributed by atoms with Gasteiger partial charge in [0.25, 0.3) is 0 Å². The summed E-state index contributed by atoms with van der Waals surface area (Å²) >= 11 is 0. The molecule has 100 valence electrons.